The molecule has 13 heteroatoms. The molecule has 10 nitrogen and oxygen atoms in total. The lowest BCUT2D eigenvalue weighted by Crippen LogP contribution is -2.36. The van der Waals surface area contributed by atoms with E-state index in [0.29, 0.717) is 34.8 Å². The molecule has 0 aliphatic carbocycles. The first-order chi connectivity index (χ1) is 15.4. The van der Waals surface area contributed by atoms with Gasteiger partial charge in [-0.15, -0.1) is 5.06 Å². The number of imide groups is 1. The second kappa shape index (κ2) is 12.6. The number of nitrogens with one attached hydrogen (secondary N) is 3. The van der Waals surface area contributed by atoms with Gasteiger partial charge in [-0.25, -0.2) is 9.59 Å². The van der Waals surface area contributed by atoms with Gasteiger partial charge in [0.15, 0.2) is 0 Å². The number of hydroxylamine groups is 2. The molecule has 3 heterocycles. The molecule has 32 heavy (non-hydrogen) atoms. The molecule has 3 N–H and O–H groups in total. The van der Waals surface area contributed by atoms with Gasteiger partial charge in [-0.05, 0) is 12.8 Å². The van der Waals surface area contributed by atoms with Crippen molar-refractivity contribution in [2.45, 2.75) is 62.3 Å². The van der Waals surface area contributed by atoms with Crippen molar-refractivity contribution in [3.05, 3.63) is 0 Å². The zero-order chi connectivity index (χ0) is 22.9. The Labute approximate surface area is 198 Å². The predicted octanol–water partition coefficient (Wildman–Crippen LogP) is 1.21. The fourth-order valence-corrected chi connectivity index (χ4v) is 7.06. The number of hydrogen-bond donors (Lipinski definition) is 3. The van der Waals surface area contributed by atoms with E-state index < -0.39 is 17.8 Å². The van der Waals surface area contributed by atoms with E-state index >= 15 is 0 Å². The van der Waals surface area contributed by atoms with Gasteiger partial charge < -0.3 is 20.8 Å². The molecule has 3 aliphatic heterocycles. The number of urea groups is 1. The molecule has 1 unspecified atom stereocenters. The average Bonchev–Trinajstić information content (AvgIpc) is 3.40. The van der Waals surface area contributed by atoms with Crippen LogP contribution in [0.15, 0.2) is 0 Å². The van der Waals surface area contributed by atoms with Gasteiger partial charge in [0, 0.05) is 48.3 Å². The highest BCUT2D eigenvalue weighted by Gasteiger charge is 2.42. The Balaban J connectivity index is 1.12. The van der Waals surface area contributed by atoms with Gasteiger partial charge in [0.25, 0.3) is 11.8 Å². The van der Waals surface area contributed by atoms with E-state index in [1.165, 1.54) is 21.6 Å². The number of thioether (sulfide) groups is 1. The Morgan fingerprint density at radius 2 is 1.81 bits per heavy atom. The number of fused-ring (bicyclic) bond motifs is 1. The minimum atomic E-state index is -0.604. The summed E-state index contributed by atoms with van der Waals surface area (Å²) in [5.74, 6) is 0.621. The fraction of sp³-hybridized carbons (Fsp3) is 0.737. The molecule has 0 aromatic carbocycles. The van der Waals surface area contributed by atoms with Crippen LogP contribution in [-0.4, -0.2) is 75.9 Å². The van der Waals surface area contributed by atoms with Crippen LogP contribution in [0.5, 0.6) is 0 Å². The van der Waals surface area contributed by atoms with Crippen LogP contribution in [0.2, 0.25) is 0 Å². The van der Waals surface area contributed by atoms with Gasteiger partial charge >= 0.3 is 12.0 Å². The molecule has 0 spiro atoms. The Bertz CT molecular complexity index is 724. The predicted molar refractivity (Wildman–Crippen MR) is 124 cm³/mol. The van der Waals surface area contributed by atoms with Crippen LogP contribution < -0.4 is 16.0 Å². The lowest BCUT2D eigenvalue weighted by Gasteiger charge is -2.16. The van der Waals surface area contributed by atoms with E-state index in [-0.39, 0.29) is 43.3 Å². The molecular formula is C19H28N4O6S3. The lowest BCUT2D eigenvalue weighted by molar-refractivity contribution is -0.197. The number of hydrogen-bond acceptors (Lipinski definition) is 9. The Morgan fingerprint density at radius 3 is 2.59 bits per heavy atom. The normalized spacial score (nSPS) is 24.3. The van der Waals surface area contributed by atoms with Gasteiger partial charge in [0.2, 0.25) is 5.91 Å². The number of rotatable bonds is 13. The van der Waals surface area contributed by atoms with Crippen molar-refractivity contribution in [3.63, 3.8) is 0 Å². The summed E-state index contributed by atoms with van der Waals surface area (Å²) in [6.07, 6.45) is 3.54. The van der Waals surface area contributed by atoms with E-state index in [4.69, 9.17) is 4.84 Å². The number of unbranched alkanes of at least 4 members (excludes halogenated alkanes) is 1. The van der Waals surface area contributed by atoms with Crippen LogP contribution in [0.3, 0.4) is 0 Å². The molecule has 3 rings (SSSR count). The number of carbonyl (C=O) groups is 5. The summed E-state index contributed by atoms with van der Waals surface area (Å²) in [5, 5.41) is 9.78. The molecule has 3 fully saturated rings. The zero-order valence-electron chi connectivity index (χ0n) is 17.6. The third kappa shape index (κ3) is 7.48. The molecule has 3 aliphatic rings. The van der Waals surface area contributed by atoms with Gasteiger partial charge in [-0.1, -0.05) is 28.0 Å². The van der Waals surface area contributed by atoms with Crippen LogP contribution >= 0.6 is 33.3 Å². The maximum atomic E-state index is 11.9. The third-order valence-electron chi connectivity index (χ3n) is 5.26. The van der Waals surface area contributed by atoms with Crippen molar-refractivity contribution in [1.82, 2.24) is 21.0 Å². The second-order valence-electron chi connectivity index (χ2n) is 7.66. The third-order valence-corrected chi connectivity index (χ3v) is 9.18. The van der Waals surface area contributed by atoms with E-state index in [9.17, 15) is 24.0 Å². The average molecular weight is 505 g/mol. The van der Waals surface area contributed by atoms with Gasteiger partial charge in [-0.2, -0.15) is 11.8 Å². The van der Waals surface area contributed by atoms with Crippen LogP contribution in [0.4, 0.5) is 4.79 Å². The highest BCUT2D eigenvalue weighted by Crippen LogP contribution is 2.33. The molecular weight excluding hydrogens is 476 g/mol. The summed E-state index contributed by atoms with van der Waals surface area (Å²) < 4.78 is 0. The minimum Gasteiger partial charge on any atom is -0.355 e. The number of amides is 5. The summed E-state index contributed by atoms with van der Waals surface area (Å²) in [6, 6.07) is 0.374. The van der Waals surface area contributed by atoms with E-state index in [0.717, 1.165) is 25.0 Å². The molecule has 3 atom stereocenters. The highest BCUT2D eigenvalue weighted by molar-refractivity contribution is 8.76. The van der Waals surface area contributed by atoms with Crippen molar-refractivity contribution in [3.8, 4) is 0 Å². The molecule has 5 amide bonds. The van der Waals surface area contributed by atoms with Crippen molar-refractivity contribution < 1.29 is 28.8 Å². The lowest BCUT2D eigenvalue weighted by atomic mass is 10.0. The first-order valence-electron chi connectivity index (χ1n) is 10.7. The minimum absolute atomic E-state index is 0.0342. The summed E-state index contributed by atoms with van der Waals surface area (Å²) >= 11 is 1.88. The Hall–Kier alpha value is -1.60. The van der Waals surface area contributed by atoms with Crippen LogP contribution in [0.25, 0.3) is 0 Å². The summed E-state index contributed by atoms with van der Waals surface area (Å²) in [5.41, 5.74) is 0. The van der Waals surface area contributed by atoms with Crippen molar-refractivity contribution in [1.29, 1.82) is 0 Å². The first-order valence-corrected chi connectivity index (χ1v) is 14.2. The Kier molecular flexibility index (Phi) is 9.85. The molecule has 0 bridgehead atoms. The maximum absolute atomic E-state index is 11.9. The van der Waals surface area contributed by atoms with Gasteiger partial charge in [-0.3, -0.25) is 14.4 Å². The standard InChI is InChI=1S/C19H28N4O6S3/c24-14(4-2-1-3-13-18-12(11-30-13)21-19(28)22-18)20-8-10-32-31-9-7-17(27)29-23-15(25)5-6-16(23)26/h12-13,18H,1-11H2,(H,20,24)(H2,21,22,28)/t12-,13?,18-/m1/s1. The molecule has 178 valence electrons. The quantitative estimate of drug-likeness (QED) is 0.146. The van der Waals surface area contributed by atoms with Crippen molar-refractivity contribution in [2.24, 2.45) is 0 Å². The van der Waals surface area contributed by atoms with Crippen molar-refractivity contribution >= 4 is 63.1 Å². The van der Waals surface area contributed by atoms with Crippen LogP contribution in [0.1, 0.15) is 44.9 Å². The van der Waals surface area contributed by atoms with Crippen molar-refractivity contribution in [2.75, 3.05) is 23.8 Å². The molecule has 0 radical (unpaired) electrons. The van der Waals surface area contributed by atoms with E-state index in [1.54, 1.807) is 0 Å². The Morgan fingerprint density at radius 1 is 1.06 bits per heavy atom. The van der Waals surface area contributed by atoms with Gasteiger partial charge in [0.1, 0.15) is 0 Å². The van der Waals surface area contributed by atoms with E-state index in [2.05, 4.69) is 16.0 Å². The first kappa shape index (κ1) is 25.0. The monoisotopic (exact) mass is 504 g/mol. The molecule has 0 aromatic heterocycles. The number of nitrogens with zero attached hydrogens (tertiary/aromatic N) is 1. The van der Waals surface area contributed by atoms with Crippen LogP contribution in [-0.2, 0) is 24.0 Å². The number of carbonyl (C=O) groups excluding carboxylic acids is 5. The van der Waals surface area contributed by atoms with Gasteiger partial charge in [0.05, 0.1) is 18.5 Å². The zero-order valence-corrected chi connectivity index (χ0v) is 20.1. The fourth-order valence-electron chi connectivity index (χ4n) is 3.64. The topological polar surface area (TPSA) is 134 Å². The van der Waals surface area contributed by atoms with Crippen LogP contribution in [0, 0.1) is 0 Å². The highest BCUT2D eigenvalue weighted by atomic mass is 33.1. The largest absolute Gasteiger partial charge is 0.355 e. The molecule has 3 saturated heterocycles. The molecule has 0 aromatic rings. The van der Waals surface area contributed by atoms with E-state index in [1.807, 2.05) is 11.8 Å². The summed E-state index contributed by atoms with van der Waals surface area (Å²) in [4.78, 5) is 62.6. The SMILES string of the molecule is O=C(CCCCC1SC[C@H]2NC(=O)N[C@@H]12)NCCSSCCC(=O)ON1C(=O)CCC1=O. The summed E-state index contributed by atoms with van der Waals surface area (Å²) in [6.45, 7) is 0.553. The maximum Gasteiger partial charge on any atom is 0.334 e. The summed E-state index contributed by atoms with van der Waals surface area (Å²) in [7, 11) is 3.01. The molecule has 0 saturated carbocycles. The smallest absolute Gasteiger partial charge is 0.334 e. The second-order valence-corrected chi connectivity index (χ2v) is 11.6.